The number of nitrogens with one attached hydrogen (secondary N) is 3. The van der Waals surface area contributed by atoms with Crippen molar-refractivity contribution < 1.29 is 9.32 Å². The summed E-state index contributed by atoms with van der Waals surface area (Å²) in [6.07, 6.45) is 0. The maximum Gasteiger partial charge on any atom is 0.277 e. The van der Waals surface area contributed by atoms with Crippen LogP contribution in [-0.4, -0.2) is 27.6 Å². The van der Waals surface area contributed by atoms with Crippen LogP contribution in [0.4, 0.5) is 23.0 Å². The van der Waals surface area contributed by atoms with Gasteiger partial charge in [0.25, 0.3) is 5.91 Å². The summed E-state index contributed by atoms with van der Waals surface area (Å²) < 4.78 is 5.26. The van der Waals surface area contributed by atoms with Gasteiger partial charge in [-0.15, -0.1) is 11.3 Å². The first-order chi connectivity index (χ1) is 14.6. The molecular formula is C21H20N6O2S. The Morgan fingerprint density at radius 3 is 2.57 bits per heavy atom. The van der Waals surface area contributed by atoms with E-state index in [2.05, 4.69) is 31.1 Å². The number of hydrogen-bond donors (Lipinski definition) is 3. The molecule has 0 aliphatic carbocycles. The van der Waals surface area contributed by atoms with Gasteiger partial charge in [0.2, 0.25) is 0 Å². The van der Waals surface area contributed by atoms with Gasteiger partial charge in [-0.2, -0.15) is 0 Å². The average molecular weight is 420 g/mol. The highest BCUT2D eigenvalue weighted by Crippen LogP contribution is 2.25. The molecule has 0 aliphatic rings. The Morgan fingerprint density at radius 2 is 1.83 bits per heavy atom. The molecule has 0 saturated heterocycles. The number of aryl methyl sites for hydroxylation is 1. The number of thiophene rings is 1. The van der Waals surface area contributed by atoms with Crippen molar-refractivity contribution in [2.45, 2.75) is 13.8 Å². The van der Waals surface area contributed by atoms with E-state index in [1.807, 2.05) is 49.6 Å². The Bertz CT molecular complexity index is 1140. The Kier molecular flexibility index (Phi) is 5.71. The van der Waals surface area contributed by atoms with Crippen molar-refractivity contribution in [3.63, 3.8) is 0 Å². The van der Waals surface area contributed by atoms with Gasteiger partial charge in [-0.1, -0.05) is 11.2 Å². The van der Waals surface area contributed by atoms with Crippen LogP contribution in [0.25, 0.3) is 10.6 Å². The molecule has 0 spiro atoms. The Labute approximate surface area is 177 Å². The minimum Gasteiger partial charge on any atom is -0.370 e. The molecule has 152 valence electrons. The first-order valence-electron chi connectivity index (χ1n) is 9.39. The maximum absolute atomic E-state index is 12.4. The Morgan fingerprint density at radius 1 is 1.07 bits per heavy atom. The fourth-order valence-corrected chi connectivity index (χ4v) is 3.47. The molecule has 4 aromatic rings. The summed E-state index contributed by atoms with van der Waals surface area (Å²) in [5, 5.41) is 15.0. The third-order valence-electron chi connectivity index (χ3n) is 4.12. The van der Waals surface area contributed by atoms with E-state index in [1.165, 1.54) is 11.3 Å². The quantitative estimate of drug-likeness (QED) is 0.389. The van der Waals surface area contributed by atoms with Gasteiger partial charge < -0.3 is 20.5 Å². The van der Waals surface area contributed by atoms with Crippen LogP contribution < -0.4 is 16.0 Å². The molecule has 8 nitrogen and oxygen atoms in total. The van der Waals surface area contributed by atoms with Crippen LogP contribution in [0.15, 0.2) is 58.4 Å². The van der Waals surface area contributed by atoms with E-state index in [-0.39, 0.29) is 11.6 Å². The van der Waals surface area contributed by atoms with E-state index in [9.17, 15) is 4.79 Å². The highest BCUT2D eigenvalue weighted by molar-refractivity contribution is 7.13. The van der Waals surface area contributed by atoms with Gasteiger partial charge in [0, 0.05) is 30.1 Å². The Balaban J connectivity index is 1.41. The summed E-state index contributed by atoms with van der Waals surface area (Å²) in [5.74, 6) is 2.38. The van der Waals surface area contributed by atoms with Crippen LogP contribution >= 0.6 is 11.3 Å². The predicted molar refractivity (Wildman–Crippen MR) is 118 cm³/mol. The molecule has 3 heterocycles. The molecule has 3 N–H and O–H groups in total. The van der Waals surface area contributed by atoms with Crippen molar-refractivity contribution in [1.82, 2.24) is 15.1 Å². The lowest BCUT2D eigenvalue weighted by atomic mass is 10.2. The van der Waals surface area contributed by atoms with Crippen LogP contribution in [0, 0.1) is 6.92 Å². The molecule has 4 rings (SSSR count). The smallest absolute Gasteiger partial charge is 0.277 e. The number of carbonyl (C=O) groups excluding carboxylic acids is 1. The lowest BCUT2D eigenvalue weighted by Crippen LogP contribution is -2.12. The van der Waals surface area contributed by atoms with Crippen LogP contribution in [-0.2, 0) is 0 Å². The molecule has 0 unspecified atom stereocenters. The highest BCUT2D eigenvalue weighted by atomic mass is 32.1. The molecule has 0 radical (unpaired) electrons. The largest absolute Gasteiger partial charge is 0.370 e. The molecular weight excluding hydrogens is 400 g/mol. The normalized spacial score (nSPS) is 10.6. The zero-order valence-corrected chi connectivity index (χ0v) is 17.3. The lowest BCUT2D eigenvalue weighted by molar-refractivity contribution is 0.101. The van der Waals surface area contributed by atoms with Crippen molar-refractivity contribution >= 4 is 40.3 Å². The molecule has 0 aliphatic heterocycles. The van der Waals surface area contributed by atoms with Gasteiger partial charge in [0.05, 0.1) is 4.88 Å². The zero-order valence-electron chi connectivity index (χ0n) is 16.5. The van der Waals surface area contributed by atoms with Crippen molar-refractivity contribution in [2.24, 2.45) is 0 Å². The van der Waals surface area contributed by atoms with E-state index < -0.39 is 0 Å². The molecule has 0 atom stereocenters. The first-order valence-corrected chi connectivity index (χ1v) is 10.3. The lowest BCUT2D eigenvalue weighted by Gasteiger charge is -2.10. The summed E-state index contributed by atoms with van der Waals surface area (Å²) in [6.45, 7) is 4.64. The first kappa shape index (κ1) is 19.6. The van der Waals surface area contributed by atoms with Gasteiger partial charge in [0.1, 0.15) is 17.5 Å². The SMILES string of the molecule is CCNc1cc(Nc2ccc(NC(=O)c3cc(-c4cccs4)on3)cc2)nc(C)n1. The second-order valence-electron chi connectivity index (χ2n) is 6.43. The minimum atomic E-state index is -0.330. The standard InChI is InChI=1S/C21H20N6O2S/c1-3-22-19-12-20(24-13(2)23-19)25-14-6-8-15(9-7-14)26-21(28)16-11-17(29-27-16)18-5-4-10-30-18/h4-12H,3H2,1-2H3,(H,26,28)(H2,22,23,24,25). The number of rotatable bonds is 7. The second-order valence-corrected chi connectivity index (χ2v) is 7.37. The van der Waals surface area contributed by atoms with Gasteiger partial charge in [-0.25, -0.2) is 9.97 Å². The zero-order chi connectivity index (χ0) is 20.9. The summed E-state index contributed by atoms with van der Waals surface area (Å²) >= 11 is 1.53. The number of benzene rings is 1. The van der Waals surface area contributed by atoms with E-state index >= 15 is 0 Å². The third-order valence-corrected chi connectivity index (χ3v) is 5.00. The summed E-state index contributed by atoms with van der Waals surface area (Å²) in [5.41, 5.74) is 1.72. The van der Waals surface area contributed by atoms with Crippen molar-refractivity contribution in [2.75, 3.05) is 22.5 Å². The highest BCUT2D eigenvalue weighted by Gasteiger charge is 2.14. The number of amides is 1. The number of carbonyl (C=O) groups is 1. The van der Waals surface area contributed by atoms with E-state index in [0.29, 0.717) is 23.1 Å². The van der Waals surface area contributed by atoms with Crippen LogP contribution in [0.2, 0.25) is 0 Å². The average Bonchev–Trinajstić information content (AvgIpc) is 3.41. The van der Waals surface area contributed by atoms with Crippen molar-refractivity contribution in [3.8, 4) is 10.6 Å². The number of nitrogens with zero attached hydrogens (tertiary/aromatic N) is 3. The predicted octanol–water partition coefficient (Wildman–Crippen LogP) is 4.93. The molecule has 1 amide bonds. The topological polar surface area (TPSA) is 105 Å². The van der Waals surface area contributed by atoms with Crippen molar-refractivity contribution in [1.29, 1.82) is 0 Å². The molecule has 0 bridgehead atoms. The Hall–Kier alpha value is -3.72. The summed E-state index contributed by atoms with van der Waals surface area (Å²) in [4.78, 5) is 22.1. The molecule has 30 heavy (non-hydrogen) atoms. The number of hydrogen-bond acceptors (Lipinski definition) is 8. The van der Waals surface area contributed by atoms with E-state index in [0.717, 1.165) is 22.9 Å². The summed E-state index contributed by atoms with van der Waals surface area (Å²) in [6, 6.07) is 14.7. The van der Waals surface area contributed by atoms with Crippen LogP contribution in [0.5, 0.6) is 0 Å². The molecule has 1 aromatic carbocycles. The molecule has 9 heteroatoms. The van der Waals surface area contributed by atoms with Gasteiger partial charge >= 0.3 is 0 Å². The number of anilines is 4. The van der Waals surface area contributed by atoms with Gasteiger partial charge in [-0.05, 0) is 49.6 Å². The van der Waals surface area contributed by atoms with Crippen LogP contribution in [0.1, 0.15) is 23.2 Å². The number of aromatic nitrogens is 3. The summed E-state index contributed by atoms with van der Waals surface area (Å²) in [7, 11) is 0. The molecule has 3 aromatic heterocycles. The fraction of sp³-hybridized carbons (Fsp3) is 0.143. The van der Waals surface area contributed by atoms with Gasteiger partial charge in [-0.3, -0.25) is 4.79 Å². The minimum absolute atomic E-state index is 0.230. The van der Waals surface area contributed by atoms with E-state index in [1.54, 1.807) is 18.2 Å². The fourth-order valence-electron chi connectivity index (χ4n) is 2.80. The van der Waals surface area contributed by atoms with Crippen molar-refractivity contribution in [3.05, 3.63) is 65.4 Å². The van der Waals surface area contributed by atoms with Gasteiger partial charge in [0.15, 0.2) is 11.5 Å². The molecule has 0 fully saturated rings. The maximum atomic E-state index is 12.4. The monoisotopic (exact) mass is 420 g/mol. The van der Waals surface area contributed by atoms with E-state index in [4.69, 9.17) is 4.52 Å². The van der Waals surface area contributed by atoms with Crippen LogP contribution in [0.3, 0.4) is 0 Å². The second kappa shape index (κ2) is 8.75. The third kappa shape index (κ3) is 4.64. The molecule has 0 saturated carbocycles.